The lowest BCUT2D eigenvalue weighted by atomic mass is 9.98. The Morgan fingerprint density at radius 3 is 2.35 bits per heavy atom. The molecule has 1 aromatic heterocycles. The summed E-state index contributed by atoms with van der Waals surface area (Å²) in [5, 5.41) is 7.78. The molecule has 2 aliphatic heterocycles. The second kappa shape index (κ2) is 11.6. The number of likely N-dealkylation sites (tertiary alicyclic amines) is 1. The number of hydrogen-bond acceptors (Lipinski definition) is 5. The van der Waals surface area contributed by atoms with Crippen LogP contribution in [0.2, 0.25) is 0 Å². The highest BCUT2D eigenvalue weighted by Gasteiger charge is 2.25. The van der Waals surface area contributed by atoms with Crippen molar-refractivity contribution in [1.29, 1.82) is 0 Å². The summed E-state index contributed by atoms with van der Waals surface area (Å²) in [6.07, 6.45) is 6.50. The van der Waals surface area contributed by atoms with Crippen molar-refractivity contribution in [3.8, 4) is 10.4 Å². The zero-order valence-corrected chi connectivity index (χ0v) is 22.0. The third-order valence-corrected chi connectivity index (χ3v) is 8.03. The number of carbonyl (C=O) groups is 1. The number of hydrogen-bond donors (Lipinski definition) is 2. The van der Waals surface area contributed by atoms with Gasteiger partial charge in [0.05, 0.1) is 11.0 Å². The highest BCUT2D eigenvalue weighted by Crippen LogP contribution is 2.33. The van der Waals surface area contributed by atoms with E-state index < -0.39 is 0 Å². The summed E-state index contributed by atoms with van der Waals surface area (Å²) in [4.78, 5) is 19.1. The molecule has 0 saturated carbocycles. The van der Waals surface area contributed by atoms with Crippen LogP contribution in [0.15, 0.2) is 42.5 Å². The number of piperidine rings is 1. The molecule has 2 aromatic rings. The summed E-state index contributed by atoms with van der Waals surface area (Å²) in [5.74, 6) is 0.553. The summed E-state index contributed by atoms with van der Waals surface area (Å²) in [6.45, 7) is 8.70. The molecule has 2 aliphatic rings. The predicted octanol–water partition coefficient (Wildman–Crippen LogP) is 5.17. The van der Waals surface area contributed by atoms with Crippen LogP contribution in [-0.4, -0.2) is 68.1 Å². The second-order valence-corrected chi connectivity index (χ2v) is 11.5. The molecule has 4 rings (SSSR count). The summed E-state index contributed by atoms with van der Waals surface area (Å²) < 4.78 is 0. The van der Waals surface area contributed by atoms with Crippen LogP contribution in [0.5, 0.6) is 0 Å². The lowest BCUT2D eigenvalue weighted by Gasteiger charge is -2.32. The minimum absolute atomic E-state index is 0.0885. The highest BCUT2D eigenvalue weighted by molar-refractivity contribution is 7.19. The quantitative estimate of drug-likeness (QED) is 0.547. The SMILES string of the molecule is CC(C)CC(NC1CCN(C)CC1)C(=O)Nc1ccc(-c2ccc(C3=CCN(C)CC3)cc2)s1. The van der Waals surface area contributed by atoms with Crippen molar-refractivity contribution in [3.05, 3.63) is 48.0 Å². The molecule has 5 nitrogen and oxygen atoms in total. The molecule has 0 bridgehead atoms. The third kappa shape index (κ3) is 6.79. The Labute approximate surface area is 209 Å². The Morgan fingerprint density at radius 1 is 1.00 bits per heavy atom. The van der Waals surface area contributed by atoms with Crippen molar-refractivity contribution >= 4 is 27.8 Å². The molecule has 34 heavy (non-hydrogen) atoms. The first-order chi connectivity index (χ1) is 16.4. The average molecular weight is 481 g/mol. The molecule has 1 saturated heterocycles. The highest BCUT2D eigenvalue weighted by atomic mass is 32.1. The molecule has 2 N–H and O–H groups in total. The van der Waals surface area contributed by atoms with Crippen LogP contribution < -0.4 is 10.6 Å². The zero-order chi connectivity index (χ0) is 24.1. The number of nitrogens with zero attached hydrogens (tertiary/aromatic N) is 2. The molecule has 1 atom stereocenters. The molecule has 1 unspecified atom stereocenters. The first-order valence-electron chi connectivity index (χ1n) is 12.7. The molecular formula is C28H40N4OS. The largest absolute Gasteiger partial charge is 0.316 e. The summed E-state index contributed by atoms with van der Waals surface area (Å²) >= 11 is 1.65. The summed E-state index contributed by atoms with van der Waals surface area (Å²) in [7, 11) is 4.34. The van der Waals surface area contributed by atoms with E-state index in [1.807, 2.05) is 6.07 Å². The first kappa shape index (κ1) is 25.1. The minimum Gasteiger partial charge on any atom is -0.316 e. The Balaban J connectivity index is 1.38. The van der Waals surface area contributed by atoms with Crippen LogP contribution in [0, 0.1) is 5.92 Å². The molecule has 0 aliphatic carbocycles. The van der Waals surface area contributed by atoms with Crippen LogP contribution >= 0.6 is 11.3 Å². The Hall–Kier alpha value is -1.99. The smallest absolute Gasteiger partial charge is 0.242 e. The molecule has 1 aromatic carbocycles. The monoisotopic (exact) mass is 480 g/mol. The van der Waals surface area contributed by atoms with E-state index in [2.05, 4.69) is 84.8 Å². The maximum Gasteiger partial charge on any atom is 0.242 e. The van der Waals surface area contributed by atoms with Crippen LogP contribution in [0.1, 0.15) is 45.1 Å². The van der Waals surface area contributed by atoms with Crippen molar-refractivity contribution in [2.75, 3.05) is 45.6 Å². The van der Waals surface area contributed by atoms with Gasteiger partial charge in [-0.15, -0.1) is 11.3 Å². The molecule has 6 heteroatoms. The lowest BCUT2D eigenvalue weighted by molar-refractivity contribution is -0.118. The van der Waals surface area contributed by atoms with E-state index >= 15 is 0 Å². The van der Waals surface area contributed by atoms with E-state index in [0.29, 0.717) is 12.0 Å². The van der Waals surface area contributed by atoms with Gasteiger partial charge >= 0.3 is 0 Å². The molecular weight excluding hydrogens is 440 g/mol. The Bertz CT molecular complexity index is 973. The molecule has 1 amide bonds. The van der Waals surface area contributed by atoms with Crippen LogP contribution in [-0.2, 0) is 4.79 Å². The van der Waals surface area contributed by atoms with E-state index in [1.54, 1.807) is 11.3 Å². The van der Waals surface area contributed by atoms with Gasteiger partial charge in [-0.2, -0.15) is 0 Å². The predicted molar refractivity (Wildman–Crippen MR) is 145 cm³/mol. The van der Waals surface area contributed by atoms with E-state index in [0.717, 1.165) is 56.9 Å². The van der Waals surface area contributed by atoms with Gasteiger partial charge in [0, 0.05) is 24.0 Å². The van der Waals surface area contributed by atoms with Gasteiger partial charge in [-0.3, -0.25) is 4.79 Å². The Morgan fingerprint density at radius 2 is 1.71 bits per heavy atom. The normalized spacial score (nSPS) is 19.3. The van der Waals surface area contributed by atoms with Crippen molar-refractivity contribution in [2.45, 2.75) is 51.6 Å². The van der Waals surface area contributed by atoms with Crippen LogP contribution in [0.25, 0.3) is 16.0 Å². The number of nitrogens with one attached hydrogen (secondary N) is 2. The van der Waals surface area contributed by atoms with Gasteiger partial charge < -0.3 is 20.4 Å². The lowest BCUT2D eigenvalue weighted by Crippen LogP contribution is -2.50. The molecule has 3 heterocycles. The van der Waals surface area contributed by atoms with Gasteiger partial charge in [-0.05, 0) is 87.6 Å². The van der Waals surface area contributed by atoms with Gasteiger partial charge in [0.2, 0.25) is 5.91 Å². The first-order valence-corrected chi connectivity index (χ1v) is 13.5. The van der Waals surface area contributed by atoms with Crippen molar-refractivity contribution < 1.29 is 4.79 Å². The Kier molecular flexibility index (Phi) is 8.59. The molecule has 184 valence electrons. The number of carbonyl (C=O) groups excluding carboxylic acids is 1. The van der Waals surface area contributed by atoms with Crippen molar-refractivity contribution in [1.82, 2.24) is 15.1 Å². The van der Waals surface area contributed by atoms with E-state index in [4.69, 9.17) is 0 Å². The zero-order valence-electron chi connectivity index (χ0n) is 21.1. The number of likely N-dealkylation sites (N-methyl/N-ethyl adjacent to an activating group) is 1. The maximum atomic E-state index is 13.2. The number of benzene rings is 1. The maximum absolute atomic E-state index is 13.2. The number of rotatable bonds is 8. The molecule has 1 fully saturated rings. The average Bonchev–Trinajstić information content (AvgIpc) is 3.29. The fourth-order valence-corrected chi connectivity index (χ4v) is 5.75. The van der Waals surface area contributed by atoms with Crippen molar-refractivity contribution in [3.63, 3.8) is 0 Å². The topological polar surface area (TPSA) is 47.6 Å². The molecule has 0 radical (unpaired) electrons. The van der Waals surface area contributed by atoms with Crippen LogP contribution in [0.3, 0.4) is 0 Å². The summed E-state index contributed by atoms with van der Waals surface area (Å²) in [5.41, 5.74) is 3.96. The van der Waals surface area contributed by atoms with E-state index in [1.165, 1.54) is 21.6 Å². The number of thiophene rings is 1. The van der Waals surface area contributed by atoms with Gasteiger partial charge in [0.15, 0.2) is 0 Å². The standard InChI is InChI=1S/C28H40N4OS/c1-20(2)19-25(29-24-13-17-32(4)18-14-24)28(33)30-27-10-9-26(34-27)23-7-5-21(6-8-23)22-11-15-31(3)16-12-22/h5-11,20,24-25,29H,12-19H2,1-4H3,(H,30,33). The van der Waals surface area contributed by atoms with Gasteiger partial charge in [-0.25, -0.2) is 0 Å². The number of amides is 1. The second-order valence-electron chi connectivity index (χ2n) is 10.4. The van der Waals surface area contributed by atoms with Gasteiger partial charge in [0.1, 0.15) is 0 Å². The van der Waals surface area contributed by atoms with Gasteiger partial charge in [0.25, 0.3) is 0 Å². The fourth-order valence-electron chi connectivity index (χ4n) is 4.83. The molecule has 0 spiro atoms. The van der Waals surface area contributed by atoms with E-state index in [9.17, 15) is 4.79 Å². The van der Waals surface area contributed by atoms with E-state index in [-0.39, 0.29) is 11.9 Å². The van der Waals surface area contributed by atoms with Crippen molar-refractivity contribution in [2.24, 2.45) is 5.92 Å². The van der Waals surface area contributed by atoms with Crippen LogP contribution in [0.4, 0.5) is 5.00 Å². The fraction of sp³-hybridized carbons (Fsp3) is 0.536. The van der Waals surface area contributed by atoms with Gasteiger partial charge in [-0.1, -0.05) is 44.2 Å². The minimum atomic E-state index is -0.152. The number of anilines is 1. The summed E-state index contributed by atoms with van der Waals surface area (Å²) in [6, 6.07) is 13.3. The third-order valence-electron chi connectivity index (χ3n) is 6.98.